The number of nitrogens with zero attached hydrogens (tertiary/aromatic N) is 2. The van der Waals surface area contributed by atoms with Crippen LogP contribution in [0.2, 0.25) is 0 Å². The molecular formula is C17H18N4OS. The molecule has 0 saturated heterocycles. The summed E-state index contributed by atoms with van der Waals surface area (Å²) in [5.41, 5.74) is 1.07. The number of carbonyl (C=O) groups excluding carboxylic acids is 1. The Morgan fingerprint density at radius 2 is 2.00 bits per heavy atom. The van der Waals surface area contributed by atoms with Gasteiger partial charge in [-0.2, -0.15) is 5.10 Å². The molecule has 0 saturated carbocycles. The number of nitrogens with one attached hydrogen (secondary N) is 2. The third kappa shape index (κ3) is 4.20. The Balaban J connectivity index is 1.55. The highest BCUT2D eigenvalue weighted by molar-refractivity contribution is 7.10. The second-order valence-electron chi connectivity index (χ2n) is 5.07. The van der Waals surface area contributed by atoms with Gasteiger partial charge in [0.1, 0.15) is 6.04 Å². The molecular weight excluding hydrogens is 308 g/mol. The van der Waals surface area contributed by atoms with Gasteiger partial charge in [0.2, 0.25) is 0 Å². The van der Waals surface area contributed by atoms with Crippen LogP contribution < -0.4 is 10.6 Å². The molecule has 2 amide bonds. The van der Waals surface area contributed by atoms with Crippen LogP contribution in [0.3, 0.4) is 0 Å². The average Bonchev–Trinajstić information content (AvgIpc) is 3.28. The number of hydrogen-bond acceptors (Lipinski definition) is 3. The van der Waals surface area contributed by atoms with Crippen LogP contribution in [0.1, 0.15) is 16.5 Å². The molecule has 0 bridgehead atoms. The maximum Gasteiger partial charge on any atom is 0.315 e. The topological polar surface area (TPSA) is 59.0 Å². The van der Waals surface area contributed by atoms with E-state index in [-0.39, 0.29) is 12.1 Å². The van der Waals surface area contributed by atoms with Crippen LogP contribution in [0.25, 0.3) is 0 Å². The Kier molecular flexibility index (Phi) is 5.06. The molecule has 0 aliphatic rings. The second-order valence-corrected chi connectivity index (χ2v) is 6.05. The number of aromatic nitrogens is 2. The van der Waals surface area contributed by atoms with Crippen molar-refractivity contribution < 1.29 is 4.79 Å². The zero-order valence-corrected chi connectivity index (χ0v) is 13.4. The highest BCUT2D eigenvalue weighted by Gasteiger charge is 2.16. The minimum atomic E-state index is -0.178. The first-order chi connectivity index (χ1) is 11.3. The fraction of sp³-hybridized carbons (Fsp3) is 0.176. The number of amides is 2. The maximum atomic E-state index is 12.0. The molecule has 3 rings (SSSR count). The number of carbonyl (C=O) groups is 1. The summed E-state index contributed by atoms with van der Waals surface area (Å²) in [6.07, 6.45) is 3.66. The first-order valence-electron chi connectivity index (χ1n) is 7.41. The summed E-state index contributed by atoms with van der Waals surface area (Å²) in [6, 6.07) is 15.6. The summed E-state index contributed by atoms with van der Waals surface area (Å²) in [6.45, 7) is 1.00. The van der Waals surface area contributed by atoms with Gasteiger partial charge < -0.3 is 10.6 Å². The Labute approximate surface area is 139 Å². The van der Waals surface area contributed by atoms with Crippen molar-refractivity contribution in [1.82, 2.24) is 20.4 Å². The predicted molar refractivity (Wildman–Crippen MR) is 91.4 cm³/mol. The molecule has 0 aliphatic carbocycles. The number of hydrogen-bond donors (Lipinski definition) is 2. The van der Waals surface area contributed by atoms with E-state index in [0.717, 1.165) is 10.4 Å². The largest absolute Gasteiger partial charge is 0.336 e. The summed E-state index contributed by atoms with van der Waals surface area (Å²) in [5, 5.41) is 12.1. The average molecular weight is 326 g/mol. The van der Waals surface area contributed by atoms with E-state index in [1.54, 1.807) is 17.5 Å². The standard InChI is InChI=1S/C17H18N4OS/c22-17(18-12-14-6-2-1-3-7-14)19-13-15(16-8-4-11-23-16)21-10-5-9-20-21/h1-11,15H,12-13H2,(H2,18,19,22). The quantitative estimate of drug-likeness (QED) is 0.731. The van der Waals surface area contributed by atoms with Gasteiger partial charge in [0, 0.05) is 30.4 Å². The molecule has 2 N–H and O–H groups in total. The SMILES string of the molecule is O=C(NCc1ccccc1)NCC(c1cccs1)n1cccn1. The molecule has 23 heavy (non-hydrogen) atoms. The molecule has 5 nitrogen and oxygen atoms in total. The van der Waals surface area contributed by atoms with E-state index < -0.39 is 0 Å². The van der Waals surface area contributed by atoms with Crippen molar-refractivity contribution in [2.45, 2.75) is 12.6 Å². The third-order valence-corrected chi connectivity index (χ3v) is 4.44. The molecule has 2 heterocycles. The van der Waals surface area contributed by atoms with Gasteiger partial charge in [-0.25, -0.2) is 4.79 Å². The zero-order valence-electron chi connectivity index (χ0n) is 12.6. The van der Waals surface area contributed by atoms with E-state index in [4.69, 9.17) is 0 Å². The van der Waals surface area contributed by atoms with Gasteiger partial charge in [0.25, 0.3) is 0 Å². The third-order valence-electron chi connectivity index (χ3n) is 3.47. The molecule has 2 aromatic heterocycles. The van der Waals surface area contributed by atoms with Crippen LogP contribution in [-0.4, -0.2) is 22.4 Å². The van der Waals surface area contributed by atoms with Crippen molar-refractivity contribution in [3.8, 4) is 0 Å². The Hall–Kier alpha value is -2.60. The van der Waals surface area contributed by atoms with E-state index >= 15 is 0 Å². The molecule has 0 aliphatic heterocycles. The second kappa shape index (κ2) is 7.60. The smallest absolute Gasteiger partial charge is 0.315 e. The van der Waals surface area contributed by atoms with Crippen LogP contribution in [0.5, 0.6) is 0 Å². The monoisotopic (exact) mass is 326 g/mol. The van der Waals surface area contributed by atoms with Gasteiger partial charge >= 0.3 is 6.03 Å². The van der Waals surface area contributed by atoms with Crippen LogP contribution >= 0.6 is 11.3 Å². The minimum absolute atomic E-state index is 0.00692. The zero-order chi connectivity index (χ0) is 15.9. The number of benzene rings is 1. The van der Waals surface area contributed by atoms with Crippen molar-refractivity contribution in [2.24, 2.45) is 0 Å². The maximum absolute atomic E-state index is 12.0. The lowest BCUT2D eigenvalue weighted by Crippen LogP contribution is -2.38. The van der Waals surface area contributed by atoms with Crippen LogP contribution in [0.15, 0.2) is 66.3 Å². The van der Waals surface area contributed by atoms with Gasteiger partial charge in [0.15, 0.2) is 0 Å². The van der Waals surface area contributed by atoms with E-state index in [1.807, 2.05) is 58.7 Å². The Morgan fingerprint density at radius 3 is 2.70 bits per heavy atom. The molecule has 1 aromatic carbocycles. The number of urea groups is 1. The lowest BCUT2D eigenvalue weighted by molar-refractivity contribution is 0.239. The highest BCUT2D eigenvalue weighted by atomic mass is 32.1. The van der Waals surface area contributed by atoms with Gasteiger partial charge in [-0.1, -0.05) is 36.4 Å². The van der Waals surface area contributed by atoms with Gasteiger partial charge in [-0.15, -0.1) is 11.3 Å². The van der Waals surface area contributed by atoms with E-state index in [0.29, 0.717) is 13.1 Å². The summed E-state index contributed by atoms with van der Waals surface area (Å²) < 4.78 is 1.86. The molecule has 3 aromatic rings. The highest BCUT2D eigenvalue weighted by Crippen LogP contribution is 2.21. The number of rotatable bonds is 6. The van der Waals surface area contributed by atoms with Crippen molar-refractivity contribution in [1.29, 1.82) is 0 Å². The summed E-state index contributed by atoms with van der Waals surface area (Å²) in [4.78, 5) is 13.2. The summed E-state index contributed by atoms with van der Waals surface area (Å²) >= 11 is 1.66. The van der Waals surface area contributed by atoms with Crippen molar-refractivity contribution in [3.63, 3.8) is 0 Å². The van der Waals surface area contributed by atoms with Crippen molar-refractivity contribution in [3.05, 3.63) is 76.7 Å². The fourth-order valence-corrected chi connectivity index (χ4v) is 3.12. The molecule has 0 fully saturated rings. The van der Waals surface area contributed by atoms with Crippen LogP contribution in [-0.2, 0) is 6.54 Å². The Morgan fingerprint density at radius 1 is 1.13 bits per heavy atom. The number of thiophene rings is 1. The van der Waals surface area contributed by atoms with Gasteiger partial charge in [-0.05, 0) is 23.1 Å². The molecule has 6 heteroatoms. The first kappa shape index (κ1) is 15.3. The summed E-state index contributed by atoms with van der Waals surface area (Å²) in [7, 11) is 0. The first-order valence-corrected chi connectivity index (χ1v) is 8.29. The molecule has 0 radical (unpaired) electrons. The normalized spacial score (nSPS) is 11.8. The van der Waals surface area contributed by atoms with Crippen LogP contribution in [0.4, 0.5) is 4.79 Å². The molecule has 1 atom stereocenters. The van der Waals surface area contributed by atoms with Crippen molar-refractivity contribution in [2.75, 3.05) is 6.54 Å². The Bertz CT molecular complexity index is 676. The van der Waals surface area contributed by atoms with Gasteiger partial charge in [-0.3, -0.25) is 4.68 Å². The minimum Gasteiger partial charge on any atom is -0.336 e. The van der Waals surface area contributed by atoms with E-state index in [2.05, 4.69) is 21.8 Å². The molecule has 118 valence electrons. The van der Waals surface area contributed by atoms with Gasteiger partial charge in [0.05, 0.1) is 0 Å². The predicted octanol–water partition coefficient (Wildman–Crippen LogP) is 3.03. The fourth-order valence-electron chi connectivity index (χ4n) is 2.30. The lowest BCUT2D eigenvalue weighted by Gasteiger charge is -2.17. The van der Waals surface area contributed by atoms with Crippen LogP contribution in [0, 0.1) is 0 Å². The summed E-state index contributed by atoms with van der Waals surface area (Å²) in [5.74, 6) is 0. The van der Waals surface area contributed by atoms with E-state index in [9.17, 15) is 4.79 Å². The van der Waals surface area contributed by atoms with Crippen molar-refractivity contribution >= 4 is 17.4 Å². The lowest BCUT2D eigenvalue weighted by atomic mass is 10.2. The molecule has 0 spiro atoms. The van der Waals surface area contributed by atoms with E-state index in [1.165, 1.54) is 0 Å². The molecule has 1 unspecified atom stereocenters.